The van der Waals surface area contributed by atoms with Crippen LogP contribution in [0.4, 0.5) is 13.2 Å². The number of alkyl halides is 3. The van der Waals surface area contributed by atoms with Gasteiger partial charge in [-0.15, -0.1) is 22.7 Å². The van der Waals surface area contributed by atoms with Crippen LogP contribution >= 0.6 is 22.7 Å². The standard InChI is InChI=1S/C16H19N3OS2.C2HF3O2/c20-16(15-10-21-11-17-15)19-4-3-12-6-18(7-13(12)8-19)9-14-2-1-5-22-14;3-2(4,5)1(6)7/h1-2,5,10-13H,3-4,6-9H2;(H,6,7)/t12-,13-;/m1./s1. The molecule has 0 spiro atoms. The van der Waals surface area contributed by atoms with Gasteiger partial charge in [-0.3, -0.25) is 9.69 Å². The number of halogens is 3. The monoisotopic (exact) mass is 447 g/mol. The summed E-state index contributed by atoms with van der Waals surface area (Å²) in [6, 6.07) is 4.34. The van der Waals surface area contributed by atoms with Gasteiger partial charge in [0.2, 0.25) is 0 Å². The molecule has 11 heteroatoms. The summed E-state index contributed by atoms with van der Waals surface area (Å²) in [6.45, 7) is 5.13. The van der Waals surface area contributed by atoms with E-state index in [1.54, 1.807) is 5.51 Å². The number of aromatic nitrogens is 1. The predicted molar refractivity (Wildman–Crippen MR) is 103 cm³/mol. The number of thiophene rings is 1. The molecule has 4 rings (SSSR count). The number of likely N-dealkylation sites (tertiary alicyclic amines) is 2. The number of fused-ring (bicyclic) bond motifs is 1. The van der Waals surface area contributed by atoms with E-state index in [0.717, 1.165) is 38.5 Å². The molecule has 2 aromatic rings. The molecule has 1 amide bonds. The molecule has 1 N–H and O–H groups in total. The molecule has 29 heavy (non-hydrogen) atoms. The number of aliphatic carboxylic acids is 1. The topological polar surface area (TPSA) is 73.7 Å². The van der Waals surface area contributed by atoms with Crippen LogP contribution in [0.25, 0.3) is 0 Å². The Hall–Kier alpha value is -1.98. The van der Waals surface area contributed by atoms with E-state index in [1.165, 1.54) is 22.8 Å². The molecule has 158 valence electrons. The van der Waals surface area contributed by atoms with Crippen LogP contribution in [0.3, 0.4) is 0 Å². The quantitative estimate of drug-likeness (QED) is 0.781. The second kappa shape index (κ2) is 9.23. The maximum atomic E-state index is 12.4. The predicted octanol–water partition coefficient (Wildman–Crippen LogP) is 3.43. The lowest BCUT2D eigenvalue weighted by molar-refractivity contribution is -0.192. The number of carbonyl (C=O) groups excluding carboxylic acids is 1. The van der Waals surface area contributed by atoms with Crippen LogP contribution in [0.1, 0.15) is 21.8 Å². The molecule has 0 saturated carbocycles. The lowest BCUT2D eigenvalue weighted by atomic mass is 9.88. The first-order valence-electron chi connectivity index (χ1n) is 8.96. The van der Waals surface area contributed by atoms with Crippen molar-refractivity contribution in [1.82, 2.24) is 14.8 Å². The van der Waals surface area contributed by atoms with Crippen molar-refractivity contribution >= 4 is 34.6 Å². The zero-order valence-corrected chi connectivity index (χ0v) is 17.0. The number of rotatable bonds is 3. The van der Waals surface area contributed by atoms with Gasteiger partial charge in [0, 0.05) is 43.0 Å². The summed E-state index contributed by atoms with van der Waals surface area (Å²) in [5, 5.41) is 11.1. The molecule has 2 aliphatic heterocycles. The summed E-state index contributed by atoms with van der Waals surface area (Å²) >= 11 is 3.32. The largest absolute Gasteiger partial charge is 0.490 e. The van der Waals surface area contributed by atoms with Crippen LogP contribution in [-0.2, 0) is 11.3 Å². The molecule has 0 aliphatic carbocycles. The van der Waals surface area contributed by atoms with Gasteiger partial charge in [0.15, 0.2) is 0 Å². The average Bonchev–Trinajstić information content (AvgIpc) is 3.42. The van der Waals surface area contributed by atoms with Crippen molar-refractivity contribution < 1.29 is 27.9 Å². The van der Waals surface area contributed by atoms with Crippen LogP contribution < -0.4 is 0 Å². The lowest BCUT2D eigenvalue weighted by Crippen LogP contribution is -2.43. The van der Waals surface area contributed by atoms with Crippen LogP contribution in [0.2, 0.25) is 0 Å². The molecular weight excluding hydrogens is 427 g/mol. The van der Waals surface area contributed by atoms with E-state index in [-0.39, 0.29) is 5.91 Å². The highest BCUT2D eigenvalue weighted by molar-refractivity contribution is 7.09. The van der Waals surface area contributed by atoms with Gasteiger partial charge in [-0.1, -0.05) is 6.07 Å². The second-order valence-corrected chi connectivity index (χ2v) is 8.76. The molecular formula is C18H20F3N3O3S2. The van der Waals surface area contributed by atoms with E-state index in [9.17, 15) is 18.0 Å². The van der Waals surface area contributed by atoms with Gasteiger partial charge in [0.1, 0.15) is 5.69 Å². The van der Waals surface area contributed by atoms with Crippen molar-refractivity contribution in [2.75, 3.05) is 26.2 Å². The molecule has 2 atom stereocenters. The fraction of sp³-hybridized carbons (Fsp3) is 0.500. The zero-order valence-electron chi connectivity index (χ0n) is 15.3. The average molecular weight is 448 g/mol. The number of hydrogen-bond acceptors (Lipinski definition) is 6. The van der Waals surface area contributed by atoms with Gasteiger partial charge < -0.3 is 10.0 Å². The molecule has 0 unspecified atom stereocenters. The van der Waals surface area contributed by atoms with Gasteiger partial charge in [0.25, 0.3) is 5.91 Å². The third-order valence-corrected chi connectivity index (χ3v) is 6.47. The molecule has 0 bridgehead atoms. The van der Waals surface area contributed by atoms with Crippen LogP contribution in [0.15, 0.2) is 28.4 Å². The van der Waals surface area contributed by atoms with E-state index < -0.39 is 12.1 Å². The van der Waals surface area contributed by atoms with Crippen molar-refractivity contribution in [2.24, 2.45) is 11.8 Å². The van der Waals surface area contributed by atoms with Crippen LogP contribution in [0, 0.1) is 11.8 Å². The van der Waals surface area contributed by atoms with Crippen molar-refractivity contribution in [1.29, 1.82) is 0 Å². The third kappa shape index (κ3) is 5.77. The van der Waals surface area contributed by atoms with Crippen molar-refractivity contribution in [3.8, 4) is 0 Å². The van der Waals surface area contributed by atoms with E-state index in [4.69, 9.17) is 9.90 Å². The Balaban J connectivity index is 0.000000298. The molecule has 2 fully saturated rings. The van der Waals surface area contributed by atoms with E-state index in [2.05, 4.69) is 27.4 Å². The molecule has 0 radical (unpaired) electrons. The SMILES string of the molecule is O=C(O)C(F)(F)F.O=C(c1cscn1)N1CC[C@@H]2CN(Cc3cccs3)C[C@@H]2C1. The first-order valence-corrected chi connectivity index (χ1v) is 10.8. The maximum absolute atomic E-state index is 12.4. The molecule has 2 aromatic heterocycles. The van der Waals surface area contributed by atoms with Crippen molar-refractivity contribution in [2.45, 2.75) is 19.1 Å². The first kappa shape index (κ1) is 21.7. The fourth-order valence-corrected chi connectivity index (χ4v) is 4.95. The van der Waals surface area contributed by atoms with E-state index >= 15 is 0 Å². The molecule has 6 nitrogen and oxygen atoms in total. The zero-order chi connectivity index (χ0) is 21.0. The smallest absolute Gasteiger partial charge is 0.475 e. The summed E-state index contributed by atoms with van der Waals surface area (Å²) in [5.74, 6) is -1.28. The Morgan fingerprint density at radius 2 is 1.97 bits per heavy atom. The molecule has 4 heterocycles. The summed E-state index contributed by atoms with van der Waals surface area (Å²) < 4.78 is 31.7. The molecule has 2 aliphatic rings. The number of carboxylic acids is 1. The third-order valence-electron chi connectivity index (χ3n) is 5.02. The number of amides is 1. The summed E-state index contributed by atoms with van der Waals surface area (Å²) in [5.41, 5.74) is 2.34. The maximum Gasteiger partial charge on any atom is 0.490 e. The van der Waals surface area contributed by atoms with Gasteiger partial charge in [0.05, 0.1) is 5.51 Å². The van der Waals surface area contributed by atoms with Crippen molar-refractivity contribution in [3.05, 3.63) is 39.0 Å². The molecule has 0 aromatic carbocycles. The Morgan fingerprint density at radius 1 is 1.24 bits per heavy atom. The van der Waals surface area contributed by atoms with Crippen LogP contribution in [-0.4, -0.2) is 64.1 Å². The number of piperidine rings is 1. The fourth-order valence-electron chi connectivity index (χ4n) is 3.68. The number of carboxylic acid groups (broad SMARTS) is 1. The van der Waals surface area contributed by atoms with Gasteiger partial charge >= 0.3 is 12.1 Å². The Kier molecular flexibility index (Phi) is 6.91. The van der Waals surface area contributed by atoms with Gasteiger partial charge in [-0.25, -0.2) is 9.78 Å². The highest BCUT2D eigenvalue weighted by Crippen LogP contribution is 2.32. The van der Waals surface area contributed by atoms with Gasteiger partial charge in [-0.2, -0.15) is 13.2 Å². The summed E-state index contributed by atoms with van der Waals surface area (Å²) in [7, 11) is 0. The highest BCUT2D eigenvalue weighted by Gasteiger charge is 2.39. The van der Waals surface area contributed by atoms with Crippen molar-refractivity contribution in [3.63, 3.8) is 0 Å². The number of carbonyl (C=O) groups is 2. The number of thiazole rings is 1. The Labute approximate surface area is 173 Å². The minimum Gasteiger partial charge on any atom is -0.475 e. The van der Waals surface area contributed by atoms with Crippen LogP contribution in [0.5, 0.6) is 0 Å². The lowest BCUT2D eigenvalue weighted by Gasteiger charge is -2.34. The first-order chi connectivity index (χ1) is 13.7. The normalized spacial score (nSPS) is 22.0. The number of nitrogens with zero attached hydrogens (tertiary/aromatic N) is 3. The Morgan fingerprint density at radius 3 is 2.55 bits per heavy atom. The number of hydrogen-bond donors (Lipinski definition) is 1. The van der Waals surface area contributed by atoms with Gasteiger partial charge in [-0.05, 0) is 29.7 Å². The van der Waals surface area contributed by atoms with E-state index in [1.807, 2.05) is 21.6 Å². The second-order valence-electron chi connectivity index (χ2n) is 7.01. The minimum absolute atomic E-state index is 0.108. The Bertz CT molecular complexity index is 812. The minimum atomic E-state index is -5.08. The van der Waals surface area contributed by atoms with E-state index in [0.29, 0.717) is 11.6 Å². The highest BCUT2D eigenvalue weighted by atomic mass is 32.1. The summed E-state index contributed by atoms with van der Waals surface area (Å²) in [4.78, 5) is 31.5. The summed E-state index contributed by atoms with van der Waals surface area (Å²) in [6.07, 6.45) is -3.96. The molecule has 2 saturated heterocycles.